The smallest absolute Gasteiger partial charge is 0.270 e. The van der Waals surface area contributed by atoms with Crippen molar-refractivity contribution in [2.45, 2.75) is 32.6 Å². The van der Waals surface area contributed by atoms with Crippen molar-refractivity contribution in [2.24, 2.45) is 7.05 Å². The van der Waals surface area contributed by atoms with Crippen molar-refractivity contribution >= 4 is 16.8 Å². The lowest BCUT2D eigenvalue weighted by molar-refractivity contribution is -0.111. The van der Waals surface area contributed by atoms with Crippen LogP contribution >= 0.6 is 11.6 Å². The molecule has 1 aromatic heterocycles. The molecule has 0 saturated heterocycles. The fraction of sp³-hybridized carbons (Fsp3) is 0.545. The Morgan fingerprint density at radius 2 is 2.06 bits per heavy atom. The van der Waals surface area contributed by atoms with Crippen LogP contribution in [0.4, 0.5) is 0 Å². The maximum atomic E-state index is 11.7. The van der Waals surface area contributed by atoms with E-state index in [0.717, 1.165) is 5.69 Å². The van der Waals surface area contributed by atoms with E-state index in [2.05, 4.69) is 5.10 Å². The van der Waals surface area contributed by atoms with E-state index in [1.807, 2.05) is 20.8 Å². The van der Waals surface area contributed by atoms with Crippen molar-refractivity contribution in [3.8, 4) is 0 Å². The van der Waals surface area contributed by atoms with Crippen LogP contribution in [0, 0.1) is 0 Å². The van der Waals surface area contributed by atoms with Gasteiger partial charge in [-0.05, 0) is 17.7 Å². The molecule has 0 N–H and O–H groups in total. The minimum Gasteiger partial charge on any atom is -0.281 e. The van der Waals surface area contributed by atoms with Gasteiger partial charge in [-0.3, -0.25) is 9.59 Å². The van der Waals surface area contributed by atoms with Crippen molar-refractivity contribution in [2.75, 3.05) is 0 Å². The molecule has 0 radical (unpaired) electrons. The van der Waals surface area contributed by atoms with Crippen molar-refractivity contribution in [3.05, 3.63) is 27.7 Å². The minimum absolute atomic E-state index is 0.0557. The Hall–Kier alpha value is -1.16. The fourth-order valence-electron chi connectivity index (χ4n) is 1.31. The molecule has 5 heteroatoms. The molecule has 0 fully saturated rings. The molecule has 0 saturated carbocycles. The maximum Gasteiger partial charge on any atom is 0.270 e. The minimum atomic E-state index is -0.539. The van der Waals surface area contributed by atoms with Crippen LogP contribution in [0.15, 0.2) is 10.9 Å². The number of rotatable bonds is 2. The predicted octanol–water partition coefficient (Wildman–Crippen LogP) is 1.39. The molecular formula is C11H15ClN2O2. The molecule has 0 aliphatic rings. The largest absolute Gasteiger partial charge is 0.281 e. The first-order chi connectivity index (χ1) is 7.21. The van der Waals surface area contributed by atoms with E-state index in [9.17, 15) is 9.59 Å². The summed E-state index contributed by atoms with van der Waals surface area (Å²) >= 11 is 5.30. The van der Waals surface area contributed by atoms with Gasteiger partial charge in [-0.1, -0.05) is 20.8 Å². The molecule has 0 spiro atoms. The Morgan fingerprint density at radius 3 is 2.50 bits per heavy atom. The number of halogens is 1. The third-order valence-electron chi connectivity index (χ3n) is 2.24. The van der Waals surface area contributed by atoms with E-state index in [1.54, 1.807) is 13.1 Å². The SMILES string of the molecule is Cn1nc(C(C)(C)C)cc(CC(=O)Cl)c1=O. The van der Waals surface area contributed by atoms with Crippen LogP contribution in [0.5, 0.6) is 0 Å². The fourth-order valence-corrected chi connectivity index (χ4v) is 1.46. The van der Waals surface area contributed by atoms with Gasteiger partial charge in [0.2, 0.25) is 5.24 Å². The van der Waals surface area contributed by atoms with Crippen LogP contribution < -0.4 is 5.56 Å². The summed E-state index contributed by atoms with van der Waals surface area (Å²) in [6.07, 6.45) is -0.0557. The van der Waals surface area contributed by atoms with Crippen LogP contribution in [-0.4, -0.2) is 15.0 Å². The number of hydrogen-bond acceptors (Lipinski definition) is 3. The second-order valence-corrected chi connectivity index (χ2v) is 5.19. The maximum absolute atomic E-state index is 11.7. The van der Waals surface area contributed by atoms with Gasteiger partial charge in [0.15, 0.2) is 0 Å². The highest BCUT2D eigenvalue weighted by atomic mass is 35.5. The average molecular weight is 243 g/mol. The van der Waals surface area contributed by atoms with Gasteiger partial charge in [-0.25, -0.2) is 4.68 Å². The summed E-state index contributed by atoms with van der Waals surface area (Å²) in [4.78, 5) is 22.5. The van der Waals surface area contributed by atoms with E-state index in [-0.39, 0.29) is 17.4 Å². The van der Waals surface area contributed by atoms with Gasteiger partial charge in [0.1, 0.15) is 0 Å². The van der Waals surface area contributed by atoms with E-state index < -0.39 is 5.24 Å². The number of aryl methyl sites for hydroxylation is 1. The highest BCUT2D eigenvalue weighted by Crippen LogP contribution is 2.19. The molecule has 0 bridgehead atoms. The quantitative estimate of drug-likeness (QED) is 0.737. The molecular weight excluding hydrogens is 228 g/mol. The van der Waals surface area contributed by atoms with Gasteiger partial charge < -0.3 is 0 Å². The van der Waals surface area contributed by atoms with Gasteiger partial charge in [0.05, 0.1) is 12.1 Å². The van der Waals surface area contributed by atoms with Gasteiger partial charge in [-0.2, -0.15) is 5.10 Å². The monoisotopic (exact) mass is 242 g/mol. The normalized spacial score (nSPS) is 11.6. The van der Waals surface area contributed by atoms with Crippen molar-refractivity contribution in [1.29, 1.82) is 0 Å². The predicted molar refractivity (Wildman–Crippen MR) is 62.7 cm³/mol. The van der Waals surface area contributed by atoms with Crippen molar-refractivity contribution < 1.29 is 4.79 Å². The Morgan fingerprint density at radius 1 is 1.50 bits per heavy atom. The third-order valence-corrected chi connectivity index (χ3v) is 2.37. The molecule has 1 rings (SSSR count). The lowest BCUT2D eigenvalue weighted by atomic mass is 9.91. The first kappa shape index (κ1) is 12.9. The summed E-state index contributed by atoms with van der Waals surface area (Å²) in [5, 5.41) is 3.62. The molecule has 0 aromatic carbocycles. The molecule has 88 valence electrons. The molecule has 16 heavy (non-hydrogen) atoms. The highest BCUT2D eigenvalue weighted by molar-refractivity contribution is 6.63. The molecule has 1 heterocycles. The summed E-state index contributed by atoms with van der Waals surface area (Å²) in [5.74, 6) is 0. The van der Waals surface area contributed by atoms with E-state index in [1.165, 1.54) is 4.68 Å². The zero-order chi connectivity index (χ0) is 12.5. The Bertz CT molecular complexity index is 472. The van der Waals surface area contributed by atoms with Gasteiger partial charge >= 0.3 is 0 Å². The number of nitrogens with zero attached hydrogens (tertiary/aromatic N) is 2. The van der Waals surface area contributed by atoms with Gasteiger partial charge in [0.25, 0.3) is 5.56 Å². The Balaban J connectivity index is 3.33. The molecule has 0 aliphatic carbocycles. The lowest BCUT2D eigenvalue weighted by Crippen LogP contribution is -2.29. The summed E-state index contributed by atoms with van der Waals surface area (Å²) in [5.41, 5.74) is 0.710. The van der Waals surface area contributed by atoms with Crippen LogP contribution in [0.25, 0.3) is 0 Å². The summed E-state index contributed by atoms with van der Waals surface area (Å²) in [6, 6.07) is 1.66. The molecule has 0 atom stereocenters. The third kappa shape index (κ3) is 2.92. The van der Waals surface area contributed by atoms with E-state index in [4.69, 9.17) is 11.6 Å². The van der Waals surface area contributed by atoms with E-state index >= 15 is 0 Å². The second-order valence-electron chi connectivity index (χ2n) is 4.77. The second kappa shape index (κ2) is 4.37. The zero-order valence-electron chi connectivity index (χ0n) is 9.87. The van der Waals surface area contributed by atoms with E-state index in [0.29, 0.717) is 5.56 Å². The van der Waals surface area contributed by atoms with Gasteiger partial charge in [-0.15, -0.1) is 0 Å². The molecule has 0 aliphatic heterocycles. The van der Waals surface area contributed by atoms with Crippen molar-refractivity contribution in [1.82, 2.24) is 9.78 Å². The van der Waals surface area contributed by atoms with Crippen LogP contribution in [0.2, 0.25) is 0 Å². The Kier molecular flexibility index (Phi) is 3.53. The van der Waals surface area contributed by atoms with Gasteiger partial charge in [0, 0.05) is 18.0 Å². The first-order valence-electron chi connectivity index (χ1n) is 4.98. The number of aromatic nitrogens is 2. The Labute approximate surface area is 99.2 Å². The molecule has 4 nitrogen and oxygen atoms in total. The van der Waals surface area contributed by atoms with Crippen LogP contribution in [-0.2, 0) is 23.7 Å². The molecule has 0 unspecified atom stereocenters. The lowest BCUT2D eigenvalue weighted by Gasteiger charge is -2.18. The number of carbonyl (C=O) groups excluding carboxylic acids is 1. The summed E-state index contributed by atoms with van der Waals surface area (Å²) in [7, 11) is 1.57. The summed E-state index contributed by atoms with van der Waals surface area (Å²) < 4.78 is 1.25. The molecule has 0 amide bonds. The standard InChI is InChI=1S/C11H15ClN2O2/c1-11(2,3)8-5-7(6-9(12)15)10(16)14(4)13-8/h5H,6H2,1-4H3. The zero-order valence-corrected chi connectivity index (χ0v) is 10.6. The van der Waals surface area contributed by atoms with Crippen LogP contribution in [0.3, 0.4) is 0 Å². The highest BCUT2D eigenvalue weighted by Gasteiger charge is 2.19. The van der Waals surface area contributed by atoms with Crippen molar-refractivity contribution in [3.63, 3.8) is 0 Å². The number of hydrogen-bond donors (Lipinski definition) is 0. The number of carbonyl (C=O) groups is 1. The first-order valence-corrected chi connectivity index (χ1v) is 5.35. The topological polar surface area (TPSA) is 52.0 Å². The molecule has 1 aromatic rings. The average Bonchev–Trinajstić information content (AvgIpc) is 2.10. The summed E-state index contributed by atoms with van der Waals surface area (Å²) in [6.45, 7) is 5.98. The van der Waals surface area contributed by atoms with Crippen LogP contribution in [0.1, 0.15) is 32.0 Å².